The molecule has 0 aliphatic heterocycles. The van der Waals surface area contributed by atoms with Crippen molar-refractivity contribution < 1.29 is 14.3 Å². The molecule has 0 bridgehead atoms. The average Bonchev–Trinajstić information content (AvgIpc) is 2.41. The van der Waals surface area contributed by atoms with E-state index in [0.29, 0.717) is 23.0 Å². The molecule has 6 nitrogen and oxygen atoms in total. The van der Waals surface area contributed by atoms with Gasteiger partial charge < -0.3 is 15.4 Å². The summed E-state index contributed by atoms with van der Waals surface area (Å²) in [5.41, 5.74) is 0.560. The molecule has 20 heavy (non-hydrogen) atoms. The van der Waals surface area contributed by atoms with E-state index in [-0.39, 0.29) is 0 Å². The summed E-state index contributed by atoms with van der Waals surface area (Å²) in [7, 11) is 1.54. The van der Waals surface area contributed by atoms with Crippen LogP contribution in [0.25, 0.3) is 0 Å². The molecule has 1 aromatic carbocycles. The Morgan fingerprint density at radius 2 is 2.10 bits per heavy atom. The van der Waals surface area contributed by atoms with Gasteiger partial charge in [-0.15, -0.1) is 0 Å². The molecule has 3 amide bonds. The van der Waals surface area contributed by atoms with Crippen LogP contribution in [0.3, 0.4) is 0 Å². The van der Waals surface area contributed by atoms with Gasteiger partial charge in [0.05, 0.1) is 17.8 Å². The summed E-state index contributed by atoms with van der Waals surface area (Å²) in [6, 6.07) is 3.91. The van der Waals surface area contributed by atoms with Crippen LogP contribution in [0.15, 0.2) is 18.2 Å². The van der Waals surface area contributed by atoms with E-state index in [4.69, 9.17) is 16.3 Å². The molecule has 0 saturated carbocycles. The zero-order valence-electron chi connectivity index (χ0n) is 11.6. The van der Waals surface area contributed by atoms with Crippen LogP contribution in [0.4, 0.5) is 10.5 Å². The summed E-state index contributed by atoms with van der Waals surface area (Å²) in [5, 5.41) is 8.09. The number of rotatable bonds is 5. The maximum atomic E-state index is 11.8. The zero-order valence-corrected chi connectivity index (χ0v) is 12.4. The van der Waals surface area contributed by atoms with Gasteiger partial charge in [-0.2, -0.15) is 0 Å². The van der Waals surface area contributed by atoms with Gasteiger partial charge >= 0.3 is 6.03 Å². The number of halogens is 1. The van der Waals surface area contributed by atoms with Crippen LogP contribution in [0.5, 0.6) is 5.75 Å². The highest BCUT2D eigenvalue weighted by Crippen LogP contribution is 2.27. The fourth-order valence-electron chi connectivity index (χ4n) is 1.47. The van der Waals surface area contributed by atoms with Gasteiger partial charge in [-0.05, 0) is 26.0 Å². The maximum Gasteiger partial charge on any atom is 0.321 e. The topological polar surface area (TPSA) is 79.5 Å². The summed E-state index contributed by atoms with van der Waals surface area (Å²) in [4.78, 5) is 23.1. The summed E-state index contributed by atoms with van der Waals surface area (Å²) >= 11 is 6.03. The number of methoxy groups -OCH3 is 1. The number of urea groups is 1. The number of nitrogens with one attached hydrogen (secondary N) is 3. The quantitative estimate of drug-likeness (QED) is 0.777. The van der Waals surface area contributed by atoms with Crippen LogP contribution in [-0.4, -0.2) is 31.6 Å². The summed E-state index contributed by atoms with van der Waals surface area (Å²) in [5.74, 6) is 0.170. The third-order valence-corrected chi connectivity index (χ3v) is 2.84. The van der Waals surface area contributed by atoms with Crippen molar-refractivity contribution in [2.24, 2.45) is 0 Å². The third kappa shape index (κ3) is 4.62. The fourth-order valence-corrected chi connectivity index (χ4v) is 1.64. The lowest BCUT2D eigenvalue weighted by atomic mass is 10.2. The molecule has 0 spiro atoms. The molecule has 0 radical (unpaired) electrons. The van der Waals surface area contributed by atoms with Crippen LogP contribution in [0, 0.1) is 0 Å². The number of hydrogen-bond donors (Lipinski definition) is 3. The summed E-state index contributed by atoms with van der Waals surface area (Å²) in [6.07, 6.45) is 0. The summed E-state index contributed by atoms with van der Waals surface area (Å²) in [6.45, 7) is 3.84. The van der Waals surface area contributed by atoms with Gasteiger partial charge in [0.15, 0.2) is 0 Å². The lowest BCUT2D eigenvalue weighted by molar-refractivity contribution is -0.120. The Morgan fingerprint density at radius 1 is 1.40 bits per heavy atom. The lowest BCUT2D eigenvalue weighted by Crippen LogP contribution is -2.45. The first kappa shape index (κ1) is 16.1. The molecule has 7 heteroatoms. The second-order valence-corrected chi connectivity index (χ2v) is 4.47. The smallest absolute Gasteiger partial charge is 0.321 e. The number of carbonyl (C=O) groups excluding carboxylic acids is 2. The first-order valence-corrected chi connectivity index (χ1v) is 6.54. The van der Waals surface area contributed by atoms with Crippen molar-refractivity contribution in [2.75, 3.05) is 19.0 Å². The van der Waals surface area contributed by atoms with Crippen LogP contribution < -0.4 is 20.7 Å². The number of anilines is 1. The Kier molecular flexibility index (Phi) is 6.11. The average molecular weight is 300 g/mol. The second-order valence-electron chi connectivity index (χ2n) is 4.06. The molecule has 0 aliphatic carbocycles. The monoisotopic (exact) mass is 299 g/mol. The zero-order chi connectivity index (χ0) is 15.1. The Balaban J connectivity index is 2.67. The second kappa shape index (κ2) is 7.59. The van der Waals surface area contributed by atoms with Crippen molar-refractivity contribution in [3.05, 3.63) is 23.2 Å². The van der Waals surface area contributed by atoms with E-state index in [1.165, 1.54) is 7.11 Å². The van der Waals surface area contributed by atoms with E-state index < -0.39 is 18.0 Å². The number of amides is 3. The predicted molar refractivity (Wildman–Crippen MR) is 78.3 cm³/mol. The standard InChI is InChI=1S/C13H18ClN3O3/c1-4-15-13(19)17-12(18)8(2)16-11-7-9(20-3)5-6-10(11)14/h5-8,16H,4H2,1-3H3,(H2,15,17,18,19). The van der Waals surface area contributed by atoms with Gasteiger partial charge in [-0.1, -0.05) is 11.6 Å². The first-order chi connectivity index (χ1) is 9.47. The van der Waals surface area contributed by atoms with E-state index in [9.17, 15) is 9.59 Å². The van der Waals surface area contributed by atoms with Crippen molar-refractivity contribution in [3.8, 4) is 5.75 Å². The fraction of sp³-hybridized carbons (Fsp3) is 0.385. The van der Waals surface area contributed by atoms with Crippen molar-refractivity contribution >= 4 is 29.2 Å². The minimum atomic E-state index is -0.623. The Bertz CT molecular complexity index is 494. The number of carbonyl (C=O) groups is 2. The highest BCUT2D eigenvalue weighted by molar-refractivity contribution is 6.33. The van der Waals surface area contributed by atoms with E-state index in [2.05, 4.69) is 16.0 Å². The van der Waals surface area contributed by atoms with Crippen molar-refractivity contribution in [2.45, 2.75) is 19.9 Å². The van der Waals surface area contributed by atoms with E-state index in [1.54, 1.807) is 32.0 Å². The molecule has 1 unspecified atom stereocenters. The van der Waals surface area contributed by atoms with Crippen LogP contribution in [-0.2, 0) is 4.79 Å². The van der Waals surface area contributed by atoms with E-state index in [1.807, 2.05) is 0 Å². The Morgan fingerprint density at radius 3 is 2.70 bits per heavy atom. The molecule has 1 aromatic rings. The molecule has 110 valence electrons. The van der Waals surface area contributed by atoms with Gasteiger partial charge in [0.1, 0.15) is 11.8 Å². The molecule has 0 fully saturated rings. The molecule has 1 atom stereocenters. The summed E-state index contributed by atoms with van der Waals surface area (Å²) < 4.78 is 5.09. The molecule has 1 rings (SSSR count). The predicted octanol–water partition coefficient (Wildman–Crippen LogP) is 1.99. The lowest BCUT2D eigenvalue weighted by Gasteiger charge is -2.16. The van der Waals surface area contributed by atoms with E-state index >= 15 is 0 Å². The van der Waals surface area contributed by atoms with Crippen LogP contribution >= 0.6 is 11.6 Å². The van der Waals surface area contributed by atoms with Crippen molar-refractivity contribution in [1.29, 1.82) is 0 Å². The van der Waals surface area contributed by atoms with Crippen molar-refractivity contribution in [3.63, 3.8) is 0 Å². The van der Waals surface area contributed by atoms with E-state index in [0.717, 1.165) is 0 Å². The normalized spacial score (nSPS) is 11.4. The minimum absolute atomic E-state index is 0.447. The molecule has 3 N–H and O–H groups in total. The van der Waals surface area contributed by atoms with Crippen LogP contribution in [0.1, 0.15) is 13.8 Å². The minimum Gasteiger partial charge on any atom is -0.497 e. The molecule has 0 saturated heterocycles. The van der Waals surface area contributed by atoms with Gasteiger partial charge in [0.2, 0.25) is 5.91 Å². The van der Waals surface area contributed by atoms with Gasteiger partial charge in [-0.3, -0.25) is 10.1 Å². The van der Waals surface area contributed by atoms with Crippen LogP contribution in [0.2, 0.25) is 5.02 Å². The number of benzene rings is 1. The van der Waals surface area contributed by atoms with Gasteiger partial charge in [0, 0.05) is 12.6 Å². The number of hydrogen-bond acceptors (Lipinski definition) is 4. The Hall–Kier alpha value is -1.95. The molecule has 0 heterocycles. The molecule has 0 aromatic heterocycles. The third-order valence-electron chi connectivity index (χ3n) is 2.51. The van der Waals surface area contributed by atoms with Gasteiger partial charge in [-0.25, -0.2) is 4.79 Å². The maximum absolute atomic E-state index is 11.8. The molecular formula is C13H18ClN3O3. The highest BCUT2D eigenvalue weighted by atomic mass is 35.5. The number of ether oxygens (including phenoxy) is 1. The highest BCUT2D eigenvalue weighted by Gasteiger charge is 2.16. The largest absolute Gasteiger partial charge is 0.497 e. The first-order valence-electron chi connectivity index (χ1n) is 6.16. The SMILES string of the molecule is CCNC(=O)NC(=O)C(C)Nc1cc(OC)ccc1Cl. The molecular weight excluding hydrogens is 282 g/mol. The number of imide groups is 1. The van der Waals surface area contributed by atoms with Crippen molar-refractivity contribution in [1.82, 2.24) is 10.6 Å². The Labute approximate surface area is 122 Å². The van der Waals surface area contributed by atoms with Gasteiger partial charge in [0.25, 0.3) is 0 Å². The molecule has 0 aliphatic rings.